The van der Waals surface area contributed by atoms with Crippen LogP contribution in [-0.4, -0.2) is 40.9 Å². The second-order valence-corrected chi connectivity index (χ2v) is 5.00. The average Bonchev–Trinajstić information content (AvgIpc) is 2.73. The molecular weight excluding hydrogens is 208 g/mol. The molecule has 2 fully saturated rings. The van der Waals surface area contributed by atoms with Crippen molar-refractivity contribution in [2.45, 2.75) is 62.9 Å². The third-order valence-corrected chi connectivity index (χ3v) is 3.96. The molecule has 0 unspecified atom stereocenters. The first-order valence-corrected chi connectivity index (χ1v) is 6.29. The topological polar surface area (TPSA) is 58.9 Å². The number of aliphatic hydroxyl groups excluding tert-OH is 1. The Morgan fingerprint density at radius 3 is 2.56 bits per heavy atom. The highest BCUT2D eigenvalue weighted by atomic mass is 16.7. The molecule has 1 saturated carbocycles. The van der Waals surface area contributed by atoms with E-state index in [0.29, 0.717) is 13.0 Å². The van der Waals surface area contributed by atoms with Crippen molar-refractivity contribution in [3.8, 4) is 0 Å². The van der Waals surface area contributed by atoms with Crippen molar-refractivity contribution in [2.24, 2.45) is 0 Å². The van der Waals surface area contributed by atoms with Crippen LogP contribution in [-0.2, 0) is 9.47 Å². The quantitative estimate of drug-likeness (QED) is 0.764. The van der Waals surface area contributed by atoms with Gasteiger partial charge in [0.25, 0.3) is 0 Å². The van der Waals surface area contributed by atoms with Crippen molar-refractivity contribution in [2.75, 3.05) is 13.2 Å². The van der Waals surface area contributed by atoms with E-state index in [0.717, 1.165) is 25.7 Å². The van der Waals surface area contributed by atoms with E-state index in [1.165, 1.54) is 6.42 Å². The Morgan fingerprint density at radius 1 is 1.31 bits per heavy atom. The van der Waals surface area contributed by atoms with Crippen LogP contribution in [0.15, 0.2) is 0 Å². The third kappa shape index (κ3) is 2.12. The van der Waals surface area contributed by atoms with Gasteiger partial charge in [0.1, 0.15) is 11.7 Å². The van der Waals surface area contributed by atoms with E-state index in [-0.39, 0.29) is 12.7 Å². The van der Waals surface area contributed by atoms with E-state index >= 15 is 0 Å². The van der Waals surface area contributed by atoms with Crippen LogP contribution in [0.2, 0.25) is 0 Å². The van der Waals surface area contributed by atoms with Crippen molar-refractivity contribution in [3.63, 3.8) is 0 Å². The molecule has 1 aliphatic carbocycles. The first kappa shape index (κ1) is 12.3. The van der Waals surface area contributed by atoms with Crippen LogP contribution in [0.1, 0.15) is 45.4 Å². The molecule has 1 aliphatic heterocycles. The minimum Gasteiger partial charge on any atom is -0.393 e. The fourth-order valence-electron chi connectivity index (χ4n) is 2.61. The Kier molecular flexibility index (Phi) is 3.54. The summed E-state index contributed by atoms with van der Waals surface area (Å²) in [4.78, 5) is 0. The van der Waals surface area contributed by atoms with Gasteiger partial charge in [-0.2, -0.15) is 0 Å². The summed E-state index contributed by atoms with van der Waals surface area (Å²) < 4.78 is 11.7. The van der Waals surface area contributed by atoms with Gasteiger partial charge in [0.05, 0.1) is 13.2 Å². The van der Waals surface area contributed by atoms with Crippen LogP contribution in [0.25, 0.3) is 0 Å². The molecule has 4 heteroatoms. The number of aliphatic hydroxyl groups is 2. The summed E-state index contributed by atoms with van der Waals surface area (Å²) in [5, 5.41) is 19.4. The first-order valence-electron chi connectivity index (χ1n) is 6.29. The molecule has 2 atom stereocenters. The monoisotopic (exact) mass is 230 g/mol. The minimum atomic E-state index is -1.15. The van der Waals surface area contributed by atoms with E-state index in [2.05, 4.69) is 0 Å². The lowest BCUT2D eigenvalue weighted by Crippen LogP contribution is -2.48. The Labute approximate surface area is 96.6 Å². The zero-order chi connectivity index (χ0) is 11.6. The maximum absolute atomic E-state index is 10.2. The maximum atomic E-state index is 10.2. The third-order valence-electron chi connectivity index (χ3n) is 3.96. The summed E-state index contributed by atoms with van der Waals surface area (Å²) in [6.07, 6.45) is 5.39. The van der Waals surface area contributed by atoms with Gasteiger partial charge in [-0.05, 0) is 19.3 Å². The van der Waals surface area contributed by atoms with Gasteiger partial charge in [-0.25, -0.2) is 0 Å². The second-order valence-electron chi connectivity index (χ2n) is 5.00. The van der Waals surface area contributed by atoms with Crippen molar-refractivity contribution < 1.29 is 19.7 Å². The molecule has 16 heavy (non-hydrogen) atoms. The van der Waals surface area contributed by atoms with E-state index in [1.807, 2.05) is 6.92 Å². The smallest absolute Gasteiger partial charge is 0.169 e. The van der Waals surface area contributed by atoms with E-state index in [4.69, 9.17) is 9.47 Å². The highest BCUT2D eigenvalue weighted by molar-refractivity contribution is 4.93. The number of rotatable bonds is 3. The summed E-state index contributed by atoms with van der Waals surface area (Å²) in [5.74, 6) is -0.471. The Bertz CT molecular complexity index is 231. The summed E-state index contributed by atoms with van der Waals surface area (Å²) in [7, 11) is 0. The molecule has 0 aromatic carbocycles. The molecular formula is C12H22O4. The predicted octanol–water partition coefficient (Wildman–Crippen LogP) is 1.20. The van der Waals surface area contributed by atoms with Crippen LogP contribution in [0.4, 0.5) is 0 Å². The molecule has 2 aliphatic rings. The van der Waals surface area contributed by atoms with Crippen LogP contribution in [0.5, 0.6) is 0 Å². The molecule has 0 aromatic rings. The van der Waals surface area contributed by atoms with Crippen LogP contribution in [0.3, 0.4) is 0 Å². The highest BCUT2D eigenvalue weighted by Crippen LogP contribution is 2.40. The van der Waals surface area contributed by atoms with E-state index in [9.17, 15) is 10.2 Å². The molecule has 0 bridgehead atoms. The lowest BCUT2D eigenvalue weighted by molar-refractivity contribution is -0.212. The van der Waals surface area contributed by atoms with Crippen LogP contribution in [0, 0.1) is 0 Å². The zero-order valence-corrected chi connectivity index (χ0v) is 9.95. The first-order chi connectivity index (χ1) is 7.64. The lowest BCUT2D eigenvalue weighted by atomic mass is 9.93. The highest BCUT2D eigenvalue weighted by Gasteiger charge is 2.49. The summed E-state index contributed by atoms with van der Waals surface area (Å²) in [6, 6.07) is 0. The predicted molar refractivity (Wildman–Crippen MR) is 59.0 cm³/mol. The number of hydrogen-bond acceptors (Lipinski definition) is 4. The summed E-state index contributed by atoms with van der Waals surface area (Å²) in [6.45, 7) is 1.98. The molecule has 0 aromatic heterocycles. The maximum Gasteiger partial charge on any atom is 0.169 e. The summed E-state index contributed by atoms with van der Waals surface area (Å²) in [5.41, 5.74) is -1.15. The van der Waals surface area contributed by atoms with Crippen molar-refractivity contribution in [1.82, 2.24) is 0 Å². The molecule has 1 saturated heterocycles. The van der Waals surface area contributed by atoms with Gasteiger partial charge in [-0.15, -0.1) is 0 Å². The van der Waals surface area contributed by atoms with E-state index < -0.39 is 11.4 Å². The van der Waals surface area contributed by atoms with Gasteiger partial charge in [-0.3, -0.25) is 0 Å². The van der Waals surface area contributed by atoms with E-state index in [1.54, 1.807) is 0 Å². The Balaban J connectivity index is 2.01. The standard InChI is InChI=1S/C12H22O4/c1-2-11(14,9-13)10-8-15-12(16-10)6-4-3-5-7-12/h10,13-14H,2-9H2,1H3/t10-,11+/m1/s1. The van der Waals surface area contributed by atoms with Gasteiger partial charge in [0.15, 0.2) is 5.79 Å². The van der Waals surface area contributed by atoms with Crippen LogP contribution >= 0.6 is 0 Å². The van der Waals surface area contributed by atoms with Gasteiger partial charge in [0.2, 0.25) is 0 Å². The SMILES string of the molecule is CC[C@](O)(CO)[C@H]1COC2(CCCCC2)O1. The zero-order valence-electron chi connectivity index (χ0n) is 9.95. The molecule has 0 radical (unpaired) electrons. The second kappa shape index (κ2) is 4.61. The molecule has 2 N–H and O–H groups in total. The molecule has 1 heterocycles. The Hall–Kier alpha value is -0.160. The van der Waals surface area contributed by atoms with Crippen molar-refractivity contribution in [1.29, 1.82) is 0 Å². The molecule has 94 valence electrons. The largest absolute Gasteiger partial charge is 0.393 e. The molecule has 1 spiro atoms. The summed E-state index contributed by atoms with van der Waals surface area (Å²) >= 11 is 0. The lowest BCUT2D eigenvalue weighted by Gasteiger charge is -2.35. The van der Waals surface area contributed by atoms with Gasteiger partial charge in [0, 0.05) is 12.8 Å². The normalized spacial score (nSPS) is 32.8. The number of hydrogen-bond donors (Lipinski definition) is 2. The fourth-order valence-corrected chi connectivity index (χ4v) is 2.61. The number of ether oxygens (including phenoxy) is 2. The fraction of sp³-hybridized carbons (Fsp3) is 1.00. The van der Waals surface area contributed by atoms with Gasteiger partial charge < -0.3 is 19.7 Å². The van der Waals surface area contributed by atoms with Gasteiger partial charge >= 0.3 is 0 Å². The van der Waals surface area contributed by atoms with Crippen LogP contribution < -0.4 is 0 Å². The molecule has 2 rings (SSSR count). The van der Waals surface area contributed by atoms with Crippen molar-refractivity contribution in [3.05, 3.63) is 0 Å². The van der Waals surface area contributed by atoms with Gasteiger partial charge in [-0.1, -0.05) is 13.3 Å². The minimum absolute atomic E-state index is 0.270. The molecule has 4 nitrogen and oxygen atoms in total. The molecule has 0 amide bonds. The average molecular weight is 230 g/mol. The Morgan fingerprint density at radius 2 is 2.00 bits per heavy atom. The van der Waals surface area contributed by atoms with Crippen molar-refractivity contribution >= 4 is 0 Å².